The second-order valence-electron chi connectivity index (χ2n) is 10.4. The molecule has 188 valence electrons. The van der Waals surface area contributed by atoms with E-state index in [1.165, 1.54) is 0 Å². The summed E-state index contributed by atoms with van der Waals surface area (Å²) >= 11 is 1.64. The van der Waals surface area contributed by atoms with Crippen LogP contribution in [-0.4, -0.2) is 48.5 Å². The van der Waals surface area contributed by atoms with E-state index in [1.807, 2.05) is 72.8 Å². The van der Waals surface area contributed by atoms with E-state index in [2.05, 4.69) is 22.8 Å². The summed E-state index contributed by atoms with van der Waals surface area (Å²) in [5.41, 5.74) is 2.58. The molecular weight excluding hydrogens is 480 g/mol. The lowest BCUT2D eigenvalue weighted by Gasteiger charge is -2.51. The van der Waals surface area contributed by atoms with Crippen molar-refractivity contribution in [3.8, 4) is 0 Å². The first-order chi connectivity index (χ1) is 18.1. The van der Waals surface area contributed by atoms with Gasteiger partial charge in [-0.15, -0.1) is 11.3 Å². The molecule has 4 aromatic rings. The number of nitrogens with one attached hydrogen (secondary N) is 1. The van der Waals surface area contributed by atoms with Crippen molar-refractivity contribution in [3.05, 3.63) is 101 Å². The van der Waals surface area contributed by atoms with Crippen LogP contribution in [0.4, 0.5) is 5.69 Å². The van der Waals surface area contributed by atoms with E-state index in [1.54, 1.807) is 11.3 Å². The molecule has 4 heterocycles. The van der Waals surface area contributed by atoms with Gasteiger partial charge in [0, 0.05) is 40.3 Å². The molecule has 0 saturated carbocycles. The second-order valence-corrected chi connectivity index (χ2v) is 11.3. The summed E-state index contributed by atoms with van der Waals surface area (Å²) < 4.78 is 8.18. The first kappa shape index (κ1) is 23.9. The van der Waals surface area contributed by atoms with Crippen molar-refractivity contribution in [2.45, 2.75) is 25.0 Å². The van der Waals surface area contributed by atoms with Gasteiger partial charge in [-0.05, 0) is 29.0 Å². The van der Waals surface area contributed by atoms with Gasteiger partial charge in [-0.2, -0.15) is 0 Å². The summed E-state index contributed by atoms with van der Waals surface area (Å²) in [7, 11) is 0. The van der Waals surface area contributed by atoms with Crippen molar-refractivity contribution in [3.63, 3.8) is 0 Å². The molecule has 7 rings (SSSR count). The Balaban J connectivity index is 1.23. The van der Waals surface area contributed by atoms with Crippen LogP contribution in [0, 0.1) is 5.92 Å². The summed E-state index contributed by atoms with van der Waals surface area (Å²) in [4.78, 5) is 26.9. The van der Waals surface area contributed by atoms with Gasteiger partial charge < -0.3 is 14.5 Å². The van der Waals surface area contributed by atoms with E-state index in [4.69, 9.17) is 4.74 Å². The lowest BCUT2D eigenvalue weighted by atomic mass is 9.82. The number of ketones is 1. The van der Waals surface area contributed by atoms with Gasteiger partial charge in [0.25, 0.3) is 0 Å². The fourth-order valence-electron chi connectivity index (χ4n) is 6.00. The number of esters is 1. The zero-order valence-corrected chi connectivity index (χ0v) is 21.5. The number of hydrogen-bond donors (Lipinski definition) is 1. The molecule has 0 aliphatic carbocycles. The third kappa shape index (κ3) is 4.91. The molecule has 1 aromatic heterocycles. The Morgan fingerprint density at radius 3 is 2.35 bits per heavy atom. The molecule has 2 unspecified atom stereocenters. The van der Waals surface area contributed by atoms with Gasteiger partial charge in [-0.3, -0.25) is 4.79 Å². The number of fused-ring (bicyclic) bond motifs is 4. The number of nitrogens with zero attached hydrogens (tertiary/aromatic N) is 1. The molecule has 6 heteroatoms. The number of anilines is 1. The molecule has 3 saturated heterocycles. The highest BCUT2D eigenvalue weighted by Gasteiger charge is 2.49. The number of benzene rings is 3. The average Bonchev–Trinajstić information content (AvgIpc) is 3.37. The van der Waals surface area contributed by atoms with Crippen molar-refractivity contribution in [1.29, 1.82) is 0 Å². The maximum Gasteiger partial charge on any atom is 0.333 e. The second kappa shape index (κ2) is 10.1. The van der Waals surface area contributed by atoms with E-state index in [0.717, 1.165) is 52.8 Å². The third-order valence-electron chi connectivity index (χ3n) is 8.03. The fourth-order valence-corrected chi connectivity index (χ4v) is 6.99. The molecule has 2 atom stereocenters. The maximum atomic E-state index is 13.8. The zero-order chi connectivity index (χ0) is 25.2. The van der Waals surface area contributed by atoms with Crippen LogP contribution < -0.4 is 5.32 Å². The SMILES string of the molecule is O=C(C[N+]12CCC(CC1)C(OC(=O)C(Nc1ccccc1)c1csc3ccccc13)C2)c1ccccc1. The Hall–Kier alpha value is -3.48. The lowest BCUT2D eigenvalue weighted by molar-refractivity contribution is -0.938. The predicted octanol–water partition coefficient (Wildman–Crippen LogP) is 6.09. The van der Waals surface area contributed by atoms with E-state index < -0.39 is 6.04 Å². The molecular formula is C31H31N2O3S+. The molecule has 3 fully saturated rings. The minimum atomic E-state index is -0.603. The highest BCUT2D eigenvalue weighted by molar-refractivity contribution is 7.17. The van der Waals surface area contributed by atoms with Crippen LogP contribution in [0.2, 0.25) is 0 Å². The molecule has 0 radical (unpaired) electrons. The number of piperidine rings is 3. The van der Waals surface area contributed by atoms with Crippen LogP contribution >= 0.6 is 11.3 Å². The van der Waals surface area contributed by atoms with Crippen molar-refractivity contribution < 1.29 is 18.8 Å². The smallest absolute Gasteiger partial charge is 0.333 e. The van der Waals surface area contributed by atoms with Crippen LogP contribution in [0.25, 0.3) is 10.1 Å². The normalized spacial score (nSPS) is 23.5. The summed E-state index contributed by atoms with van der Waals surface area (Å²) in [6.45, 7) is 3.11. The standard InChI is InChI=1S/C31H31N2O3S/c34-27(22-9-3-1-4-10-22)19-33-17-15-23(16-18-33)28(20-33)36-31(35)30(32-24-11-5-2-6-12-24)26-21-37-29-14-8-7-13-25(26)29/h1-14,21,23,28,30,32H,15-20H2/q+1. The van der Waals surface area contributed by atoms with Crippen molar-refractivity contribution in [2.75, 3.05) is 31.5 Å². The number of para-hydroxylation sites is 1. The van der Waals surface area contributed by atoms with Crippen molar-refractivity contribution in [2.24, 2.45) is 5.92 Å². The van der Waals surface area contributed by atoms with E-state index in [0.29, 0.717) is 23.5 Å². The van der Waals surface area contributed by atoms with Crippen molar-refractivity contribution >= 4 is 38.9 Å². The lowest BCUT2D eigenvalue weighted by Crippen LogP contribution is -2.65. The molecule has 1 N–H and O–H groups in total. The topological polar surface area (TPSA) is 55.4 Å². The number of ether oxygens (including phenoxy) is 1. The summed E-state index contributed by atoms with van der Waals surface area (Å²) in [6, 6.07) is 26.9. The molecule has 5 nitrogen and oxygen atoms in total. The molecule has 0 amide bonds. The van der Waals surface area contributed by atoms with Crippen LogP contribution in [0.1, 0.15) is 34.8 Å². The minimum absolute atomic E-state index is 0.166. The Kier molecular flexibility index (Phi) is 6.53. The largest absolute Gasteiger partial charge is 0.454 e. The Bertz CT molecular complexity index is 1390. The minimum Gasteiger partial charge on any atom is -0.454 e. The number of quaternary nitrogens is 1. The van der Waals surface area contributed by atoms with E-state index >= 15 is 0 Å². The molecule has 2 bridgehead atoms. The molecule has 3 aliphatic rings. The van der Waals surface area contributed by atoms with Gasteiger partial charge in [-0.1, -0.05) is 66.7 Å². The first-order valence-corrected chi connectivity index (χ1v) is 13.9. The fraction of sp³-hybridized carbons (Fsp3) is 0.290. The quantitative estimate of drug-likeness (QED) is 0.177. The van der Waals surface area contributed by atoms with E-state index in [9.17, 15) is 9.59 Å². The zero-order valence-electron chi connectivity index (χ0n) is 20.7. The third-order valence-corrected chi connectivity index (χ3v) is 9.01. The number of carbonyl (C=O) groups is 2. The first-order valence-electron chi connectivity index (χ1n) is 13.0. The maximum absolute atomic E-state index is 13.8. The Morgan fingerprint density at radius 1 is 0.919 bits per heavy atom. The average molecular weight is 512 g/mol. The highest BCUT2D eigenvalue weighted by Crippen LogP contribution is 2.38. The summed E-state index contributed by atoms with van der Waals surface area (Å²) in [5, 5.41) is 6.58. The van der Waals surface area contributed by atoms with Gasteiger partial charge in [0.1, 0.15) is 13.1 Å². The van der Waals surface area contributed by atoms with Gasteiger partial charge in [-0.25, -0.2) is 4.79 Å². The van der Waals surface area contributed by atoms with Crippen LogP contribution in [0.3, 0.4) is 0 Å². The Morgan fingerprint density at radius 2 is 1.59 bits per heavy atom. The van der Waals surface area contributed by atoms with Gasteiger partial charge in [0.05, 0.1) is 13.1 Å². The predicted molar refractivity (Wildman–Crippen MR) is 148 cm³/mol. The number of thiophene rings is 1. The molecule has 3 aromatic carbocycles. The molecule has 3 aliphatic heterocycles. The van der Waals surface area contributed by atoms with Crippen molar-refractivity contribution in [1.82, 2.24) is 0 Å². The number of rotatable bonds is 8. The highest BCUT2D eigenvalue weighted by atomic mass is 32.1. The van der Waals surface area contributed by atoms with E-state index in [-0.39, 0.29) is 17.9 Å². The summed E-state index contributed by atoms with van der Waals surface area (Å²) in [5.74, 6) is 0.269. The number of hydrogen-bond acceptors (Lipinski definition) is 5. The van der Waals surface area contributed by atoms with Gasteiger partial charge in [0.15, 0.2) is 12.1 Å². The van der Waals surface area contributed by atoms with Crippen LogP contribution in [-0.2, 0) is 9.53 Å². The molecule has 37 heavy (non-hydrogen) atoms. The monoisotopic (exact) mass is 511 g/mol. The van der Waals surface area contributed by atoms with Crippen LogP contribution in [0.5, 0.6) is 0 Å². The van der Waals surface area contributed by atoms with Crippen LogP contribution in [0.15, 0.2) is 90.3 Å². The number of carbonyl (C=O) groups excluding carboxylic acids is 2. The Labute approximate surface area is 221 Å². The van der Waals surface area contributed by atoms with Gasteiger partial charge in [0.2, 0.25) is 5.78 Å². The summed E-state index contributed by atoms with van der Waals surface area (Å²) in [6.07, 6.45) is 1.79. The number of Topliss-reactive ketones (excluding diaryl/α,β-unsaturated/α-hetero) is 1. The molecule has 0 spiro atoms. The van der Waals surface area contributed by atoms with Gasteiger partial charge >= 0.3 is 5.97 Å².